The standard InChI is InChI=1S/C12H14ClN3O3S/c1-2-8-6-15-12(19-8)7-16-20(17,18)9-3-4-11(14)10(13)5-9/h3-6,16H,2,7,14H2,1H3. The molecule has 0 saturated carbocycles. The Hall–Kier alpha value is -1.57. The maximum absolute atomic E-state index is 12.1. The van der Waals surface area contributed by atoms with E-state index in [9.17, 15) is 8.42 Å². The van der Waals surface area contributed by atoms with Crippen LogP contribution in [-0.2, 0) is 23.0 Å². The molecule has 0 saturated heterocycles. The number of aryl methyl sites for hydroxylation is 1. The van der Waals surface area contributed by atoms with E-state index < -0.39 is 10.0 Å². The van der Waals surface area contributed by atoms with Gasteiger partial charge in [0.25, 0.3) is 0 Å². The van der Waals surface area contributed by atoms with Gasteiger partial charge >= 0.3 is 0 Å². The molecule has 1 heterocycles. The minimum absolute atomic E-state index is 0.0235. The SMILES string of the molecule is CCc1cnc(CNS(=O)(=O)c2ccc(N)c(Cl)c2)o1. The van der Waals surface area contributed by atoms with Gasteiger partial charge in [0.15, 0.2) is 0 Å². The van der Waals surface area contributed by atoms with Crippen LogP contribution in [0.3, 0.4) is 0 Å². The molecule has 0 atom stereocenters. The number of nitrogens with zero attached hydrogens (tertiary/aromatic N) is 1. The Morgan fingerprint density at radius 1 is 1.45 bits per heavy atom. The van der Waals surface area contributed by atoms with Crippen molar-refractivity contribution in [3.8, 4) is 0 Å². The van der Waals surface area contributed by atoms with Gasteiger partial charge in [-0.15, -0.1) is 0 Å². The van der Waals surface area contributed by atoms with Crippen molar-refractivity contribution in [2.24, 2.45) is 0 Å². The van der Waals surface area contributed by atoms with Crippen LogP contribution in [0.15, 0.2) is 33.7 Å². The number of halogens is 1. The zero-order chi connectivity index (χ0) is 14.8. The molecule has 0 bridgehead atoms. The topological polar surface area (TPSA) is 98.2 Å². The van der Waals surface area contributed by atoms with Crippen LogP contribution < -0.4 is 10.5 Å². The van der Waals surface area contributed by atoms with Crippen LogP contribution in [0.2, 0.25) is 5.02 Å². The van der Waals surface area contributed by atoms with E-state index in [4.69, 9.17) is 21.8 Å². The Labute approximate surface area is 122 Å². The van der Waals surface area contributed by atoms with Crippen molar-refractivity contribution in [2.75, 3.05) is 5.73 Å². The van der Waals surface area contributed by atoms with Crippen LogP contribution in [0.5, 0.6) is 0 Å². The summed E-state index contributed by atoms with van der Waals surface area (Å²) >= 11 is 5.81. The first-order chi connectivity index (χ1) is 9.42. The number of hydrogen-bond donors (Lipinski definition) is 2. The molecule has 1 aromatic heterocycles. The number of nitrogens with one attached hydrogen (secondary N) is 1. The molecule has 108 valence electrons. The van der Waals surface area contributed by atoms with Crippen LogP contribution in [-0.4, -0.2) is 13.4 Å². The van der Waals surface area contributed by atoms with Crippen LogP contribution in [0.1, 0.15) is 18.6 Å². The Morgan fingerprint density at radius 2 is 2.20 bits per heavy atom. The average Bonchev–Trinajstić information content (AvgIpc) is 2.87. The smallest absolute Gasteiger partial charge is 0.241 e. The van der Waals surface area contributed by atoms with Gasteiger partial charge < -0.3 is 10.2 Å². The highest BCUT2D eigenvalue weighted by Crippen LogP contribution is 2.22. The molecule has 8 heteroatoms. The summed E-state index contributed by atoms with van der Waals surface area (Å²) in [4.78, 5) is 4.02. The molecule has 6 nitrogen and oxygen atoms in total. The number of aromatic nitrogens is 1. The molecule has 0 spiro atoms. The third kappa shape index (κ3) is 3.30. The molecule has 1 aromatic carbocycles. The lowest BCUT2D eigenvalue weighted by molar-refractivity contribution is 0.452. The summed E-state index contributed by atoms with van der Waals surface area (Å²) in [5, 5.41) is 0.192. The van der Waals surface area contributed by atoms with Crippen LogP contribution >= 0.6 is 11.6 Å². The Morgan fingerprint density at radius 3 is 2.80 bits per heavy atom. The summed E-state index contributed by atoms with van der Waals surface area (Å²) in [7, 11) is -3.69. The van der Waals surface area contributed by atoms with E-state index in [1.165, 1.54) is 18.2 Å². The molecule has 0 aliphatic carbocycles. The first-order valence-electron chi connectivity index (χ1n) is 5.90. The van der Waals surface area contributed by atoms with Crippen molar-refractivity contribution in [3.05, 3.63) is 41.1 Å². The van der Waals surface area contributed by atoms with Crippen molar-refractivity contribution < 1.29 is 12.8 Å². The minimum Gasteiger partial charge on any atom is -0.444 e. The maximum atomic E-state index is 12.1. The highest BCUT2D eigenvalue weighted by atomic mass is 35.5. The lowest BCUT2D eigenvalue weighted by Gasteiger charge is -2.06. The predicted molar refractivity (Wildman–Crippen MR) is 75.8 cm³/mol. The lowest BCUT2D eigenvalue weighted by atomic mass is 10.3. The molecule has 20 heavy (non-hydrogen) atoms. The van der Waals surface area contributed by atoms with E-state index in [2.05, 4.69) is 9.71 Å². The number of hydrogen-bond acceptors (Lipinski definition) is 5. The van der Waals surface area contributed by atoms with Gasteiger partial charge in [0.05, 0.1) is 28.3 Å². The third-order valence-corrected chi connectivity index (χ3v) is 4.37. The zero-order valence-electron chi connectivity index (χ0n) is 10.8. The van der Waals surface area contributed by atoms with Crippen molar-refractivity contribution in [3.63, 3.8) is 0 Å². The quantitative estimate of drug-likeness (QED) is 0.822. The predicted octanol–water partition coefficient (Wildman–Crippen LogP) is 1.95. The Balaban J connectivity index is 2.12. The molecular weight excluding hydrogens is 302 g/mol. The van der Waals surface area contributed by atoms with Gasteiger partial charge in [0, 0.05) is 6.42 Å². The maximum Gasteiger partial charge on any atom is 0.241 e. The summed E-state index contributed by atoms with van der Waals surface area (Å²) < 4.78 is 31.8. The minimum atomic E-state index is -3.69. The second-order valence-corrected chi connectivity index (χ2v) is 6.26. The fraction of sp³-hybridized carbons (Fsp3) is 0.250. The number of benzene rings is 1. The molecule has 0 amide bonds. The van der Waals surface area contributed by atoms with Crippen LogP contribution in [0.4, 0.5) is 5.69 Å². The number of nitrogen functional groups attached to an aromatic ring is 1. The van der Waals surface area contributed by atoms with Gasteiger partial charge in [0.2, 0.25) is 15.9 Å². The summed E-state index contributed by atoms with van der Waals surface area (Å²) in [5.41, 5.74) is 5.87. The summed E-state index contributed by atoms with van der Waals surface area (Å²) in [5.74, 6) is 1.02. The van der Waals surface area contributed by atoms with E-state index in [0.717, 1.165) is 0 Å². The van der Waals surface area contributed by atoms with Crippen LogP contribution in [0.25, 0.3) is 0 Å². The van der Waals surface area contributed by atoms with E-state index in [1.54, 1.807) is 6.20 Å². The van der Waals surface area contributed by atoms with Crippen molar-refractivity contribution in [1.82, 2.24) is 9.71 Å². The second kappa shape index (κ2) is 5.82. The van der Waals surface area contributed by atoms with E-state index in [1.807, 2.05) is 6.92 Å². The van der Waals surface area contributed by atoms with Crippen molar-refractivity contribution >= 4 is 27.3 Å². The van der Waals surface area contributed by atoms with Crippen LogP contribution in [0, 0.1) is 0 Å². The molecule has 0 aliphatic heterocycles. The largest absolute Gasteiger partial charge is 0.444 e. The van der Waals surface area contributed by atoms with Gasteiger partial charge in [-0.2, -0.15) is 0 Å². The molecule has 0 aliphatic rings. The molecule has 0 unspecified atom stereocenters. The summed E-state index contributed by atoms with van der Waals surface area (Å²) in [6.07, 6.45) is 2.27. The van der Waals surface area contributed by atoms with Gasteiger partial charge in [-0.05, 0) is 18.2 Å². The number of sulfonamides is 1. The average molecular weight is 316 g/mol. The number of anilines is 1. The monoisotopic (exact) mass is 315 g/mol. The number of nitrogens with two attached hydrogens (primary N) is 1. The van der Waals surface area contributed by atoms with E-state index in [-0.39, 0.29) is 16.5 Å². The molecular formula is C12H14ClN3O3S. The first-order valence-corrected chi connectivity index (χ1v) is 7.76. The molecule has 2 rings (SSSR count). The highest BCUT2D eigenvalue weighted by molar-refractivity contribution is 7.89. The van der Waals surface area contributed by atoms with Crippen molar-refractivity contribution in [2.45, 2.75) is 24.8 Å². The van der Waals surface area contributed by atoms with E-state index in [0.29, 0.717) is 23.8 Å². The van der Waals surface area contributed by atoms with E-state index >= 15 is 0 Å². The molecule has 3 N–H and O–H groups in total. The zero-order valence-corrected chi connectivity index (χ0v) is 12.3. The van der Waals surface area contributed by atoms with Gasteiger partial charge in [-0.25, -0.2) is 18.1 Å². The summed E-state index contributed by atoms with van der Waals surface area (Å²) in [6.45, 7) is 1.90. The Kier molecular flexibility index (Phi) is 4.32. The van der Waals surface area contributed by atoms with Gasteiger partial charge in [0.1, 0.15) is 5.76 Å². The first kappa shape index (κ1) is 14.8. The third-order valence-electron chi connectivity index (χ3n) is 2.65. The summed E-state index contributed by atoms with van der Waals surface area (Å²) in [6, 6.07) is 4.13. The lowest BCUT2D eigenvalue weighted by Crippen LogP contribution is -2.23. The fourth-order valence-electron chi connectivity index (χ4n) is 1.51. The molecule has 0 radical (unpaired) electrons. The second-order valence-electron chi connectivity index (χ2n) is 4.08. The van der Waals surface area contributed by atoms with Crippen molar-refractivity contribution in [1.29, 1.82) is 0 Å². The van der Waals surface area contributed by atoms with Gasteiger partial charge in [-0.3, -0.25) is 0 Å². The molecule has 2 aromatic rings. The van der Waals surface area contributed by atoms with Gasteiger partial charge in [-0.1, -0.05) is 18.5 Å². The number of oxazole rings is 1. The normalized spacial score (nSPS) is 11.7. The Bertz CT molecular complexity index is 712. The molecule has 0 fully saturated rings. The number of rotatable bonds is 5. The fourth-order valence-corrected chi connectivity index (χ4v) is 2.75. The highest BCUT2D eigenvalue weighted by Gasteiger charge is 2.16.